The lowest BCUT2D eigenvalue weighted by Gasteiger charge is -2.33. The van der Waals surface area contributed by atoms with E-state index >= 15 is 0 Å². The molecule has 7 rings (SSSR count). The number of nitriles is 1. The largest absolute Gasteiger partial charge is 0.476 e. The van der Waals surface area contributed by atoms with Crippen molar-refractivity contribution in [3.8, 4) is 11.9 Å². The topological polar surface area (TPSA) is 118 Å². The van der Waals surface area contributed by atoms with E-state index < -0.39 is 29.1 Å². The van der Waals surface area contributed by atoms with Gasteiger partial charge in [-0.2, -0.15) is 5.26 Å². The van der Waals surface area contributed by atoms with E-state index in [0.717, 1.165) is 10.9 Å². The highest BCUT2D eigenvalue weighted by Crippen LogP contribution is 2.62. The van der Waals surface area contributed by atoms with E-state index in [-0.39, 0.29) is 24.8 Å². The van der Waals surface area contributed by atoms with Crippen LogP contribution in [0.25, 0.3) is 21.7 Å². The number of carbonyl (C=O) groups is 2. The Morgan fingerprint density at radius 2 is 1.74 bits per heavy atom. The van der Waals surface area contributed by atoms with Gasteiger partial charge in [0.05, 0.1) is 58.4 Å². The van der Waals surface area contributed by atoms with Crippen molar-refractivity contribution in [1.29, 1.82) is 5.26 Å². The third-order valence-corrected chi connectivity index (χ3v) is 8.86. The number of fused-ring (bicyclic) bond motifs is 7. The molecular formula is C30H26N4O5. The van der Waals surface area contributed by atoms with E-state index in [1.54, 1.807) is 29.8 Å². The average molecular weight is 523 g/mol. The summed E-state index contributed by atoms with van der Waals surface area (Å²) in [7, 11) is 1.85. The fourth-order valence-corrected chi connectivity index (χ4v) is 7.05. The molecule has 3 aromatic carbocycles. The summed E-state index contributed by atoms with van der Waals surface area (Å²) in [4.78, 5) is 29.2. The van der Waals surface area contributed by atoms with Crippen LogP contribution in [-0.4, -0.2) is 50.6 Å². The highest BCUT2D eigenvalue weighted by molar-refractivity contribution is 6.26. The molecule has 1 aromatic heterocycles. The number of aromatic nitrogens is 2. The number of benzene rings is 3. The summed E-state index contributed by atoms with van der Waals surface area (Å²) < 4.78 is 14.3. The minimum atomic E-state index is -1.19. The number of ether oxygens (including phenoxy) is 2. The minimum Gasteiger partial charge on any atom is -0.476 e. The number of aryl methyl sites for hydroxylation is 1. The van der Waals surface area contributed by atoms with Gasteiger partial charge in [-0.3, -0.25) is 14.3 Å². The van der Waals surface area contributed by atoms with E-state index in [1.165, 1.54) is 4.90 Å². The highest BCUT2D eigenvalue weighted by atomic mass is 16.6. The Bertz CT molecular complexity index is 1740. The zero-order valence-corrected chi connectivity index (χ0v) is 21.5. The Morgan fingerprint density at radius 1 is 1.05 bits per heavy atom. The number of anilines is 1. The van der Waals surface area contributed by atoms with Crippen molar-refractivity contribution in [2.45, 2.75) is 37.1 Å². The molecule has 9 heteroatoms. The molecule has 0 saturated carbocycles. The van der Waals surface area contributed by atoms with Crippen LogP contribution < -0.4 is 9.64 Å². The first-order chi connectivity index (χ1) is 18.8. The second-order valence-electron chi connectivity index (χ2n) is 10.9. The number of imide groups is 1. The molecule has 3 aliphatic rings. The number of para-hydroxylation sites is 1. The van der Waals surface area contributed by atoms with Crippen LogP contribution in [0, 0.1) is 23.2 Å². The standard InChI is InChI=1S/C30H26N4O5/c1-29-23(35)15-30(39-29,13-14-38-26-20-9-5-6-10-21(20)33(2)32-26)25-24(29)27(36)34(28(25)37)22-12-11-17(16-31)18-7-3-4-8-19(18)22/h3-12,23-25,35H,13-15H2,1-2H3. The lowest BCUT2D eigenvalue weighted by atomic mass is 9.66. The van der Waals surface area contributed by atoms with Crippen molar-refractivity contribution >= 4 is 39.2 Å². The molecule has 0 radical (unpaired) electrons. The quantitative estimate of drug-likeness (QED) is 0.399. The fourth-order valence-electron chi connectivity index (χ4n) is 7.05. The molecule has 4 aromatic rings. The second-order valence-corrected chi connectivity index (χ2v) is 10.9. The van der Waals surface area contributed by atoms with Gasteiger partial charge in [0.1, 0.15) is 5.60 Å². The maximum atomic E-state index is 14.1. The molecule has 1 N–H and O–H groups in total. The average Bonchev–Trinajstić information content (AvgIpc) is 3.58. The van der Waals surface area contributed by atoms with Crippen molar-refractivity contribution in [2.24, 2.45) is 18.9 Å². The van der Waals surface area contributed by atoms with Gasteiger partial charge in [0.25, 0.3) is 0 Å². The molecule has 2 amide bonds. The number of hydrogen-bond acceptors (Lipinski definition) is 7. The van der Waals surface area contributed by atoms with Crippen LogP contribution in [0.2, 0.25) is 0 Å². The molecule has 0 aliphatic carbocycles. The van der Waals surface area contributed by atoms with Crippen LogP contribution in [0.15, 0.2) is 60.7 Å². The third-order valence-electron chi connectivity index (χ3n) is 8.86. The maximum Gasteiger partial charge on any atom is 0.240 e. The number of hydrogen-bond donors (Lipinski definition) is 1. The molecule has 4 heterocycles. The predicted octanol–water partition coefficient (Wildman–Crippen LogP) is 3.47. The van der Waals surface area contributed by atoms with Gasteiger partial charge in [0, 0.05) is 30.7 Å². The first kappa shape index (κ1) is 23.8. The summed E-state index contributed by atoms with van der Waals surface area (Å²) in [5.41, 5.74) is -0.388. The van der Waals surface area contributed by atoms with Crippen LogP contribution in [-0.2, 0) is 21.4 Å². The Kier molecular flexibility index (Phi) is 4.96. The Morgan fingerprint density at radius 3 is 2.51 bits per heavy atom. The third kappa shape index (κ3) is 3.10. The van der Waals surface area contributed by atoms with E-state index in [9.17, 15) is 20.0 Å². The number of amides is 2. The van der Waals surface area contributed by atoms with Crippen molar-refractivity contribution in [3.63, 3.8) is 0 Å². The molecule has 0 spiro atoms. The van der Waals surface area contributed by atoms with Gasteiger partial charge in [-0.25, -0.2) is 4.90 Å². The molecule has 9 nitrogen and oxygen atoms in total. The predicted molar refractivity (Wildman–Crippen MR) is 142 cm³/mol. The maximum absolute atomic E-state index is 14.1. The number of carbonyl (C=O) groups excluding carboxylic acids is 2. The number of rotatable bonds is 5. The minimum absolute atomic E-state index is 0.203. The van der Waals surface area contributed by atoms with Crippen molar-refractivity contribution < 1.29 is 24.2 Å². The number of aliphatic hydroxyl groups excluding tert-OH is 1. The molecule has 2 bridgehead atoms. The summed E-state index contributed by atoms with van der Waals surface area (Å²) in [6, 6.07) is 20.5. The molecule has 196 valence electrons. The molecule has 3 aliphatic heterocycles. The smallest absolute Gasteiger partial charge is 0.240 e. The lowest BCUT2D eigenvalue weighted by Crippen LogP contribution is -2.49. The van der Waals surface area contributed by atoms with E-state index in [2.05, 4.69) is 11.2 Å². The van der Waals surface area contributed by atoms with Crippen molar-refractivity contribution in [3.05, 3.63) is 66.2 Å². The fraction of sp³-hybridized carbons (Fsp3) is 0.333. The number of nitrogens with zero attached hydrogens (tertiary/aromatic N) is 4. The summed E-state index contributed by atoms with van der Waals surface area (Å²) in [5, 5.41) is 27.3. The van der Waals surface area contributed by atoms with Crippen LogP contribution in [0.5, 0.6) is 5.88 Å². The van der Waals surface area contributed by atoms with Crippen LogP contribution >= 0.6 is 0 Å². The van der Waals surface area contributed by atoms with Gasteiger partial charge >= 0.3 is 0 Å². The molecule has 3 saturated heterocycles. The Hall–Kier alpha value is -4.26. The van der Waals surface area contributed by atoms with Crippen LogP contribution in [0.4, 0.5) is 5.69 Å². The van der Waals surface area contributed by atoms with Crippen LogP contribution in [0.3, 0.4) is 0 Å². The first-order valence-electron chi connectivity index (χ1n) is 13.0. The summed E-state index contributed by atoms with van der Waals surface area (Å²) >= 11 is 0. The first-order valence-corrected chi connectivity index (χ1v) is 13.0. The molecule has 39 heavy (non-hydrogen) atoms. The summed E-state index contributed by atoms with van der Waals surface area (Å²) in [6.07, 6.45) is -0.353. The molecule has 5 atom stereocenters. The van der Waals surface area contributed by atoms with Gasteiger partial charge in [-0.1, -0.05) is 36.4 Å². The molecule has 3 fully saturated rings. The number of aliphatic hydroxyl groups is 1. The van der Waals surface area contributed by atoms with Crippen molar-refractivity contribution in [2.75, 3.05) is 11.5 Å². The zero-order chi connectivity index (χ0) is 27.1. The second kappa shape index (κ2) is 8.12. The van der Waals surface area contributed by atoms with Gasteiger partial charge in [-0.05, 0) is 31.2 Å². The Balaban J connectivity index is 1.23. The highest BCUT2D eigenvalue weighted by Gasteiger charge is 2.77. The summed E-state index contributed by atoms with van der Waals surface area (Å²) in [5.74, 6) is -1.83. The summed E-state index contributed by atoms with van der Waals surface area (Å²) in [6.45, 7) is 1.93. The molecular weight excluding hydrogens is 496 g/mol. The SMILES string of the molecule is Cn1nc(OCCC23CC(O)C(C)(O2)C2C(=O)N(c4ccc(C#N)c5ccccc45)C(=O)C23)c2ccccc21. The van der Waals surface area contributed by atoms with Crippen LogP contribution in [0.1, 0.15) is 25.3 Å². The van der Waals surface area contributed by atoms with E-state index in [4.69, 9.17) is 9.47 Å². The van der Waals surface area contributed by atoms with Gasteiger partial charge in [0.15, 0.2) is 0 Å². The van der Waals surface area contributed by atoms with E-state index in [1.807, 2.05) is 49.5 Å². The molecule has 5 unspecified atom stereocenters. The zero-order valence-electron chi connectivity index (χ0n) is 21.5. The normalized spacial score (nSPS) is 29.4. The van der Waals surface area contributed by atoms with Gasteiger partial charge in [-0.15, -0.1) is 5.10 Å². The Labute approximate surface area is 224 Å². The lowest BCUT2D eigenvalue weighted by molar-refractivity contribution is -0.134. The van der Waals surface area contributed by atoms with E-state index in [0.29, 0.717) is 34.3 Å². The van der Waals surface area contributed by atoms with Gasteiger partial charge in [0.2, 0.25) is 17.7 Å². The van der Waals surface area contributed by atoms with Gasteiger partial charge < -0.3 is 14.6 Å². The van der Waals surface area contributed by atoms with Crippen molar-refractivity contribution in [1.82, 2.24) is 9.78 Å². The monoisotopic (exact) mass is 522 g/mol.